The molecule has 4 rings (SSSR count). The van der Waals surface area contributed by atoms with E-state index in [4.69, 9.17) is 9.47 Å². The molecule has 0 saturated heterocycles. The second kappa shape index (κ2) is 9.96. The molecule has 176 valence electrons. The van der Waals surface area contributed by atoms with Crippen LogP contribution < -0.4 is 10.1 Å². The lowest BCUT2D eigenvalue weighted by atomic mass is 10.0. The molecule has 0 aliphatic heterocycles. The van der Waals surface area contributed by atoms with E-state index in [1.807, 2.05) is 6.07 Å². The fourth-order valence-corrected chi connectivity index (χ4v) is 3.52. The summed E-state index contributed by atoms with van der Waals surface area (Å²) in [7, 11) is 1.30. The number of nitrogens with zero attached hydrogens (tertiary/aromatic N) is 3. The smallest absolute Gasteiger partial charge is 0.339 e. The Balaban J connectivity index is 1.53. The number of nitro groups is 1. The molecule has 2 heterocycles. The van der Waals surface area contributed by atoms with Gasteiger partial charge < -0.3 is 14.8 Å². The van der Waals surface area contributed by atoms with Crippen molar-refractivity contribution in [2.24, 2.45) is 0 Å². The monoisotopic (exact) mass is 472 g/mol. The lowest BCUT2D eigenvalue weighted by Crippen LogP contribution is -2.21. The zero-order chi connectivity index (χ0) is 24.9. The second-order valence-corrected chi connectivity index (χ2v) is 7.53. The van der Waals surface area contributed by atoms with Gasteiger partial charge in [-0.1, -0.05) is 18.2 Å². The fraction of sp³-hybridized carbons (Fsp3) is 0.120. The number of carbonyl (C=O) groups is 2. The maximum absolute atomic E-state index is 12.9. The van der Waals surface area contributed by atoms with Crippen molar-refractivity contribution in [1.82, 2.24) is 9.97 Å². The molecular weight excluding hydrogens is 452 g/mol. The number of carbonyl (C=O) groups excluding carboxylic acids is 2. The van der Waals surface area contributed by atoms with Gasteiger partial charge in [-0.05, 0) is 36.8 Å². The molecular formula is C25H20N4O6. The van der Waals surface area contributed by atoms with Gasteiger partial charge >= 0.3 is 11.7 Å². The number of rotatable bonds is 7. The number of fused-ring (bicyclic) bond motifs is 1. The number of anilines is 1. The van der Waals surface area contributed by atoms with Crippen molar-refractivity contribution in [2.75, 3.05) is 19.0 Å². The highest BCUT2D eigenvalue weighted by atomic mass is 16.6. The molecule has 0 atom stereocenters. The molecule has 0 aliphatic rings. The van der Waals surface area contributed by atoms with Crippen molar-refractivity contribution >= 4 is 34.2 Å². The van der Waals surface area contributed by atoms with Crippen LogP contribution in [0.15, 0.2) is 67.0 Å². The molecule has 4 aromatic rings. The molecule has 0 bridgehead atoms. The van der Waals surface area contributed by atoms with E-state index in [0.717, 1.165) is 5.56 Å². The zero-order valence-corrected chi connectivity index (χ0v) is 18.8. The minimum atomic E-state index is -0.688. The summed E-state index contributed by atoms with van der Waals surface area (Å²) in [6, 6.07) is 15.0. The highest BCUT2D eigenvalue weighted by Gasteiger charge is 2.20. The standard InChI is InChI=1S/C25H20N4O6/c1-15-11-22(29(32)33)23(34-2)13-20(15)28-24(30)14-35-25(31)18-12-21(16-7-9-26-10-8-16)27-19-6-4-3-5-17(18)19/h3-13H,14H2,1-2H3,(H,28,30). The Morgan fingerprint density at radius 3 is 2.54 bits per heavy atom. The Labute approximate surface area is 199 Å². The van der Waals surface area contributed by atoms with Gasteiger partial charge in [-0.3, -0.25) is 19.9 Å². The number of ether oxygens (including phenoxy) is 2. The van der Waals surface area contributed by atoms with Crippen LogP contribution in [-0.4, -0.2) is 40.5 Å². The van der Waals surface area contributed by atoms with E-state index in [9.17, 15) is 19.7 Å². The number of hydrogen-bond donors (Lipinski definition) is 1. The maximum atomic E-state index is 12.9. The third kappa shape index (κ3) is 5.06. The topological polar surface area (TPSA) is 134 Å². The van der Waals surface area contributed by atoms with Crippen LogP contribution in [-0.2, 0) is 9.53 Å². The number of pyridine rings is 2. The third-order valence-electron chi connectivity index (χ3n) is 5.24. The number of aromatic nitrogens is 2. The SMILES string of the molecule is COc1cc(NC(=O)COC(=O)c2cc(-c3ccncc3)nc3ccccc23)c(C)cc1[N+](=O)[O-]. The van der Waals surface area contributed by atoms with E-state index in [1.165, 1.54) is 19.2 Å². The van der Waals surface area contributed by atoms with Crippen molar-refractivity contribution in [3.05, 3.63) is 88.2 Å². The van der Waals surface area contributed by atoms with E-state index >= 15 is 0 Å². The molecule has 10 nitrogen and oxygen atoms in total. The number of para-hydroxylation sites is 1. The Kier molecular flexibility index (Phi) is 6.63. The molecule has 0 radical (unpaired) electrons. The number of methoxy groups -OCH3 is 1. The summed E-state index contributed by atoms with van der Waals surface area (Å²) < 4.78 is 10.3. The lowest BCUT2D eigenvalue weighted by molar-refractivity contribution is -0.385. The number of nitro benzene ring substituents is 1. The predicted octanol–water partition coefficient (Wildman–Crippen LogP) is 4.32. The van der Waals surface area contributed by atoms with Crippen LogP contribution >= 0.6 is 0 Å². The van der Waals surface area contributed by atoms with Crippen molar-refractivity contribution in [2.45, 2.75) is 6.92 Å². The zero-order valence-electron chi connectivity index (χ0n) is 18.8. The average molecular weight is 472 g/mol. The molecule has 0 aliphatic carbocycles. The van der Waals surface area contributed by atoms with Crippen LogP contribution in [0.1, 0.15) is 15.9 Å². The molecule has 0 unspecified atom stereocenters. The maximum Gasteiger partial charge on any atom is 0.339 e. The first-order chi connectivity index (χ1) is 16.9. The molecule has 35 heavy (non-hydrogen) atoms. The molecule has 0 saturated carbocycles. The van der Waals surface area contributed by atoms with Gasteiger partial charge in [0.2, 0.25) is 0 Å². The normalized spacial score (nSPS) is 10.6. The molecule has 2 aromatic heterocycles. The van der Waals surface area contributed by atoms with Crippen LogP contribution in [0.25, 0.3) is 22.2 Å². The molecule has 1 amide bonds. The van der Waals surface area contributed by atoms with Gasteiger partial charge in [-0.15, -0.1) is 0 Å². The largest absolute Gasteiger partial charge is 0.490 e. The van der Waals surface area contributed by atoms with Gasteiger partial charge in [0.05, 0.1) is 28.8 Å². The summed E-state index contributed by atoms with van der Waals surface area (Å²) >= 11 is 0. The highest BCUT2D eigenvalue weighted by molar-refractivity contribution is 6.05. The summed E-state index contributed by atoms with van der Waals surface area (Å²) in [5, 5.41) is 14.3. The number of nitrogens with one attached hydrogen (secondary N) is 1. The molecule has 1 N–H and O–H groups in total. The predicted molar refractivity (Wildman–Crippen MR) is 128 cm³/mol. The number of benzene rings is 2. The minimum absolute atomic E-state index is 0.000193. The second-order valence-electron chi connectivity index (χ2n) is 7.53. The number of hydrogen-bond acceptors (Lipinski definition) is 8. The Morgan fingerprint density at radius 1 is 1.09 bits per heavy atom. The van der Waals surface area contributed by atoms with Crippen LogP contribution in [0.5, 0.6) is 5.75 Å². The number of esters is 1. The van der Waals surface area contributed by atoms with E-state index in [1.54, 1.807) is 55.7 Å². The summed E-state index contributed by atoms with van der Waals surface area (Å²) in [5.41, 5.74) is 2.76. The van der Waals surface area contributed by atoms with Gasteiger partial charge in [0, 0.05) is 41.2 Å². The van der Waals surface area contributed by atoms with Crippen molar-refractivity contribution in [3.63, 3.8) is 0 Å². The van der Waals surface area contributed by atoms with Crippen LogP contribution in [0, 0.1) is 17.0 Å². The molecule has 2 aromatic carbocycles. The van der Waals surface area contributed by atoms with Gasteiger partial charge in [-0.2, -0.15) is 0 Å². The Morgan fingerprint density at radius 2 is 1.83 bits per heavy atom. The first-order valence-corrected chi connectivity index (χ1v) is 10.5. The van der Waals surface area contributed by atoms with Gasteiger partial charge in [0.1, 0.15) is 0 Å². The number of aryl methyl sites for hydroxylation is 1. The van der Waals surface area contributed by atoms with E-state index in [0.29, 0.717) is 27.8 Å². The van der Waals surface area contributed by atoms with Crippen LogP contribution in [0.2, 0.25) is 0 Å². The van der Waals surface area contributed by atoms with Gasteiger partial charge in [0.15, 0.2) is 12.4 Å². The van der Waals surface area contributed by atoms with E-state index in [2.05, 4.69) is 15.3 Å². The minimum Gasteiger partial charge on any atom is -0.490 e. The summed E-state index contributed by atoms with van der Waals surface area (Å²) in [6.45, 7) is 1.05. The summed E-state index contributed by atoms with van der Waals surface area (Å²) in [5.74, 6) is -1.29. The Hall–Kier alpha value is -4.86. The quantitative estimate of drug-likeness (QED) is 0.239. The molecule has 0 fully saturated rings. The molecule has 0 spiro atoms. The number of amides is 1. The van der Waals surface area contributed by atoms with Gasteiger partial charge in [-0.25, -0.2) is 9.78 Å². The first-order valence-electron chi connectivity index (χ1n) is 10.5. The van der Waals surface area contributed by atoms with Crippen LogP contribution in [0.4, 0.5) is 11.4 Å². The lowest BCUT2D eigenvalue weighted by Gasteiger charge is -2.12. The fourth-order valence-electron chi connectivity index (χ4n) is 3.52. The van der Waals surface area contributed by atoms with Crippen LogP contribution in [0.3, 0.4) is 0 Å². The van der Waals surface area contributed by atoms with Crippen molar-refractivity contribution in [1.29, 1.82) is 0 Å². The highest BCUT2D eigenvalue weighted by Crippen LogP contribution is 2.32. The molecule has 10 heteroatoms. The first kappa shape index (κ1) is 23.3. The average Bonchev–Trinajstić information content (AvgIpc) is 2.88. The van der Waals surface area contributed by atoms with E-state index in [-0.39, 0.29) is 17.0 Å². The summed E-state index contributed by atoms with van der Waals surface area (Å²) in [4.78, 5) is 44.6. The van der Waals surface area contributed by atoms with Gasteiger partial charge in [0.25, 0.3) is 5.91 Å². The third-order valence-corrected chi connectivity index (χ3v) is 5.24. The summed E-state index contributed by atoms with van der Waals surface area (Å²) in [6.07, 6.45) is 3.26. The Bertz CT molecular complexity index is 1440. The van der Waals surface area contributed by atoms with E-state index < -0.39 is 23.4 Å². The van der Waals surface area contributed by atoms with Crippen molar-refractivity contribution in [3.8, 4) is 17.0 Å². The van der Waals surface area contributed by atoms with Crippen molar-refractivity contribution < 1.29 is 24.0 Å².